The van der Waals surface area contributed by atoms with E-state index in [1.807, 2.05) is 11.0 Å². The van der Waals surface area contributed by atoms with Gasteiger partial charge in [-0.25, -0.2) is 0 Å². The van der Waals surface area contributed by atoms with Crippen molar-refractivity contribution in [3.63, 3.8) is 0 Å². The number of nitrogens with zero attached hydrogens (tertiary/aromatic N) is 3. The Balaban J connectivity index is 1.37. The summed E-state index contributed by atoms with van der Waals surface area (Å²) >= 11 is 0. The van der Waals surface area contributed by atoms with Crippen molar-refractivity contribution in [1.29, 1.82) is 0 Å². The zero-order valence-electron chi connectivity index (χ0n) is 14.8. The van der Waals surface area contributed by atoms with Crippen LogP contribution in [0, 0.1) is 11.3 Å². The smallest absolute Gasteiger partial charge is 0.231 e. The predicted octanol–water partition coefficient (Wildman–Crippen LogP) is 2.06. The molecule has 0 radical (unpaired) electrons. The molecule has 1 amide bonds. The molecule has 0 aliphatic carbocycles. The quantitative estimate of drug-likeness (QED) is 0.845. The number of carbonyl (C=O) groups is 1. The summed E-state index contributed by atoms with van der Waals surface area (Å²) in [5, 5.41) is 4.03. The van der Waals surface area contributed by atoms with Crippen LogP contribution in [0.3, 0.4) is 0 Å². The predicted molar refractivity (Wildman–Crippen MR) is 93.8 cm³/mol. The Kier molecular flexibility index (Phi) is 3.83. The molecule has 2 atom stereocenters. The van der Waals surface area contributed by atoms with E-state index in [4.69, 9.17) is 9.26 Å². The molecule has 0 saturated carbocycles. The van der Waals surface area contributed by atoms with Gasteiger partial charge in [-0.05, 0) is 17.5 Å². The summed E-state index contributed by atoms with van der Waals surface area (Å²) in [5.74, 6) is 0.545. The van der Waals surface area contributed by atoms with E-state index < -0.39 is 0 Å². The second-order valence-electron chi connectivity index (χ2n) is 7.77. The third kappa shape index (κ3) is 2.56. The molecule has 1 aromatic carbocycles. The van der Waals surface area contributed by atoms with Gasteiger partial charge in [0.15, 0.2) is 0 Å². The topological polar surface area (TPSA) is 58.8 Å². The van der Waals surface area contributed by atoms with Crippen LogP contribution < -0.4 is 0 Å². The molecule has 6 nitrogen and oxygen atoms in total. The zero-order chi connectivity index (χ0) is 17.6. The van der Waals surface area contributed by atoms with Crippen LogP contribution in [0.5, 0.6) is 0 Å². The van der Waals surface area contributed by atoms with E-state index in [0.29, 0.717) is 19.1 Å². The summed E-state index contributed by atoms with van der Waals surface area (Å²) < 4.78 is 10.7. The molecule has 3 aliphatic rings. The number of rotatable bonds is 3. The standard InChI is InChI=1S/C20H23N3O3/c24-19(23-9-15-3-1-2-4-16(15)10-23)20-6-8-25-13-17(20)11-22(14-20)12-18-5-7-26-21-18/h1-5,7,17H,6,8-14H2. The van der Waals surface area contributed by atoms with Crippen LogP contribution >= 0.6 is 0 Å². The van der Waals surface area contributed by atoms with Crippen LogP contribution in [0.25, 0.3) is 0 Å². The Hall–Kier alpha value is -2.18. The highest BCUT2D eigenvalue weighted by molar-refractivity contribution is 5.84. The highest BCUT2D eigenvalue weighted by Gasteiger charge is 2.55. The third-order valence-electron chi connectivity index (χ3n) is 6.21. The van der Waals surface area contributed by atoms with Crippen molar-refractivity contribution in [3.8, 4) is 0 Å². The zero-order valence-corrected chi connectivity index (χ0v) is 14.8. The van der Waals surface area contributed by atoms with E-state index in [-0.39, 0.29) is 11.3 Å². The molecule has 0 N–H and O–H groups in total. The van der Waals surface area contributed by atoms with Gasteiger partial charge in [0.25, 0.3) is 0 Å². The van der Waals surface area contributed by atoms with Crippen molar-refractivity contribution in [2.24, 2.45) is 11.3 Å². The maximum absolute atomic E-state index is 13.6. The number of aromatic nitrogens is 1. The minimum atomic E-state index is -0.329. The van der Waals surface area contributed by atoms with Gasteiger partial charge in [-0.15, -0.1) is 0 Å². The van der Waals surface area contributed by atoms with E-state index in [1.54, 1.807) is 6.26 Å². The lowest BCUT2D eigenvalue weighted by Crippen LogP contribution is -2.50. The monoisotopic (exact) mass is 353 g/mol. The lowest BCUT2D eigenvalue weighted by molar-refractivity contribution is -0.151. The molecule has 4 heterocycles. The van der Waals surface area contributed by atoms with Gasteiger partial charge in [0.1, 0.15) is 6.26 Å². The Labute approximate surface area is 152 Å². The highest BCUT2D eigenvalue weighted by Crippen LogP contribution is 2.45. The van der Waals surface area contributed by atoms with Gasteiger partial charge in [-0.2, -0.15) is 0 Å². The fraction of sp³-hybridized carbons (Fsp3) is 0.500. The molecule has 2 saturated heterocycles. The first-order valence-corrected chi connectivity index (χ1v) is 9.30. The maximum atomic E-state index is 13.6. The first-order valence-electron chi connectivity index (χ1n) is 9.30. The first kappa shape index (κ1) is 16.0. The summed E-state index contributed by atoms with van der Waals surface area (Å²) in [6.07, 6.45) is 2.41. The van der Waals surface area contributed by atoms with Crippen LogP contribution in [0.15, 0.2) is 41.1 Å². The number of hydrogen-bond donors (Lipinski definition) is 0. The van der Waals surface area contributed by atoms with Crippen molar-refractivity contribution >= 4 is 5.91 Å². The number of ether oxygens (including phenoxy) is 1. The summed E-state index contributed by atoms with van der Waals surface area (Å²) in [5.41, 5.74) is 3.14. The molecule has 26 heavy (non-hydrogen) atoms. The van der Waals surface area contributed by atoms with Gasteiger partial charge in [-0.3, -0.25) is 9.69 Å². The normalized spacial score (nSPS) is 28.2. The van der Waals surface area contributed by atoms with Gasteiger partial charge in [0.05, 0.1) is 17.7 Å². The van der Waals surface area contributed by atoms with Crippen LogP contribution in [0.1, 0.15) is 23.2 Å². The number of likely N-dealkylation sites (tertiary alicyclic amines) is 1. The second kappa shape index (κ2) is 6.21. The number of hydrogen-bond acceptors (Lipinski definition) is 5. The van der Waals surface area contributed by atoms with Crippen molar-refractivity contribution in [2.45, 2.75) is 26.1 Å². The molecular weight excluding hydrogens is 330 g/mol. The molecule has 0 bridgehead atoms. The lowest BCUT2D eigenvalue weighted by atomic mass is 9.73. The van der Waals surface area contributed by atoms with Crippen molar-refractivity contribution in [3.05, 3.63) is 53.4 Å². The van der Waals surface area contributed by atoms with Gasteiger partial charge >= 0.3 is 0 Å². The Morgan fingerprint density at radius 1 is 1.23 bits per heavy atom. The van der Waals surface area contributed by atoms with Crippen LogP contribution in [0.4, 0.5) is 0 Å². The number of fused-ring (bicyclic) bond motifs is 2. The highest BCUT2D eigenvalue weighted by atomic mass is 16.5. The number of carbonyl (C=O) groups excluding carboxylic acids is 1. The minimum absolute atomic E-state index is 0.249. The van der Waals surface area contributed by atoms with E-state index >= 15 is 0 Å². The molecule has 1 aromatic heterocycles. The summed E-state index contributed by atoms with van der Waals surface area (Å²) in [6, 6.07) is 10.3. The van der Waals surface area contributed by atoms with Crippen molar-refractivity contribution < 1.29 is 14.1 Å². The Morgan fingerprint density at radius 2 is 2.04 bits per heavy atom. The summed E-state index contributed by atoms with van der Waals surface area (Å²) in [4.78, 5) is 18.0. The third-order valence-corrected chi connectivity index (χ3v) is 6.21. The minimum Gasteiger partial charge on any atom is -0.381 e. The Bertz CT molecular complexity index is 781. The van der Waals surface area contributed by atoms with E-state index in [2.05, 4.69) is 34.3 Å². The molecule has 5 rings (SSSR count). The molecule has 3 aliphatic heterocycles. The average molecular weight is 353 g/mol. The van der Waals surface area contributed by atoms with Gasteiger partial charge in [-0.1, -0.05) is 29.4 Å². The van der Waals surface area contributed by atoms with Gasteiger partial charge in [0.2, 0.25) is 5.91 Å². The molecule has 2 aromatic rings. The number of benzene rings is 1. The maximum Gasteiger partial charge on any atom is 0.231 e. The first-order chi connectivity index (χ1) is 12.7. The molecule has 136 valence electrons. The van der Waals surface area contributed by atoms with Crippen molar-refractivity contribution in [2.75, 3.05) is 26.3 Å². The van der Waals surface area contributed by atoms with Crippen LogP contribution in [0.2, 0.25) is 0 Å². The Morgan fingerprint density at radius 3 is 2.77 bits per heavy atom. The second-order valence-corrected chi connectivity index (χ2v) is 7.77. The van der Waals surface area contributed by atoms with Gasteiger partial charge in [0, 0.05) is 51.3 Å². The van der Waals surface area contributed by atoms with E-state index in [0.717, 1.165) is 44.8 Å². The fourth-order valence-corrected chi connectivity index (χ4v) is 4.86. The average Bonchev–Trinajstić information content (AvgIpc) is 3.39. The number of amides is 1. The van der Waals surface area contributed by atoms with Crippen molar-refractivity contribution in [1.82, 2.24) is 15.0 Å². The summed E-state index contributed by atoms with van der Waals surface area (Å²) in [6.45, 7) is 5.17. The summed E-state index contributed by atoms with van der Waals surface area (Å²) in [7, 11) is 0. The van der Waals surface area contributed by atoms with E-state index in [1.165, 1.54) is 11.1 Å². The fourth-order valence-electron chi connectivity index (χ4n) is 4.86. The molecule has 2 unspecified atom stereocenters. The largest absolute Gasteiger partial charge is 0.381 e. The SMILES string of the molecule is O=C(N1Cc2ccccc2C1)C12CCOCC1CN(Cc1ccon1)C2. The van der Waals surface area contributed by atoms with E-state index in [9.17, 15) is 4.79 Å². The van der Waals surface area contributed by atoms with Gasteiger partial charge < -0.3 is 14.2 Å². The lowest BCUT2D eigenvalue weighted by Gasteiger charge is -2.39. The van der Waals surface area contributed by atoms with Crippen LogP contribution in [-0.2, 0) is 29.2 Å². The molecule has 6 heteroatoms. The molecule has 2 fully saturated rings. The van der Waals surface area contributed by atoms with Crippen LogP contribution in [-0.4, -0.2) is 47.2 Å². The molecular formula is C20H23N3O3. The molecule has 0 spiro atoms.